The van der Waals surface area contributed by atoms with Crippen LogP contribution >= 0.6 is 11.8 Å². The lowest BCUT2D eigenvalue weighted by Gasteiger charge is -2.26. The average molecular weight is 549 g/mol. The van der Waals surface area contributed by atoms with Gasteiger partial charge in [0.05, 0.1) is 29.5 Å². The summed E-state index contributed by atoms with van der Waals surface area (Å²) in [5, 5.41) is 2.28. The molecule has 0 saturated carbocycles. The monoisotopic (exact) mass is 548 g/mol. The lowest BCUT2D eigenvalue weighted by molar-refractivity contribution is -0.128. The molecule has 2 amide bonds. The predicted molar refractivity (Wildman–Crippen MR) is 141 cm³/mol. The molecule has 9 nitrogen and oxygen atoms in total. The molecule has 4 rings (SSSR count). The van der Waals surface area contributed by atoms with Crippen LogP contribution in [0.15, 0.2) is 58.4 Å². The largest absolute Gasteiger partial charge is 0.379 e. The second-order valence-electron chi connectivity index (χ2n) is 8.59. The van der Waals surface area contributed by atoms with Gasteiger partial charge in [0, 0.05) is 26.1 Å². The molecule has 37 heavy (non-hydrogen) atoms. The fourth-order valence-corrected chi connectivity index (χ4v) is 6.51. The molecule has 2 saturated heterocycles. The highest BCUT2D eigenvalue weighted by Crippen LogP contribution is 2.32. The van der Waals surface area contributed by atoms with Crippen LogP contribution in [0.5, 0.6) is 0 Å². The second-order valence-corrected chi connectivity index (χ2v) is 11.7. The zero-order chi connectivity index (χ0) is 26.4. The van der Waals surface area contributed by atoms with Crippen molar-refractivity contribution in [1.82, 2.24) is 9.21 Å². The molecule has 12 heteroatoms. The van der Waals surface area contributed by atoms with E-state index in [2.05, 4.69) is 10.3 Å². The predicted octanol–water partition coefficient (Wildman–Crippen LogP) is 3.61. The van der Waals surface area contributed by atoms with Gasteiger partial charge in [0.1, 0.15) is 11.1 Å². The molecule has 2 aromatic carbocycles. The number of para-hydroxylation sites is 1. The molecule has 2 fully saturated rings. The molecule has 1 atom stereocenters. The Morgan fingerprint density at radius 3 is 2.54 bits per heavy atom. The van der Waals surface area contributed by atoms with E-state index in [1.54, 1.807) is 23.1 Å². The number of thioether (sulfide) groups is 1. The minimum atomic E-state index is -3.62. The molecule has 198 valence electrons. The minimum absolute atomic E-state index is 0.0618. The Balaban J connectivity index is 1.49. The summed E-state index contributed by atoms with van der Waals surface area (Å²) in [6, 6.07) is 12.1. The first-order valence-corrected chi connectivity index (χ1v) is 14.4. The van der Waals surface area contributed by atoms with Crippen molar-refractivity contribution in [2.24, 2.45) is 4.99 Å². The zero-order valence-electron chi connectivity index (χ0n) is 20.4. The third-order valence-corrected chi connectivity index (χ3v) is 9.03. The van der Waals surface area contributed by atoms with Gasteiger partial charge in [0.2, 0.25) is 21.8 Å². The summed E-state index contributed by atoms with van der Waals surface area (Å²) >= 11 is 1.18. The number of aliphatic imine (C=N–C) groups is 1. The number of ether oxygens (including phenoxy) is 1. The number of unbranched alkanes of at least 4 members (excludes halogenated alkanes) is 1. The van der Waals surface area contributed by atoms with Gasteiger partial charge in [-0.25, -0.2) is 17.8 Å². The van der Waals surface area contributed by atoms with Crippen LogP contribution in [-0.4, -0.2) is 72.7 Å². The van der Waals surface area contributed by atoms with E-state index in [4.69, 9.17) is 4.74 Å². The van der Waals surface area contributed by atoms with Crippen LogP contribution in [-0.2, 0) is 24.3 Å². The van der Waals surface area contributed by atoms with E-state index < -0.39 is 27.0 Å². The van der Waals surface area contributed by atoms with Crippen molar-refractivity contribution in [3.63, 3.8) is 0 Å². The highest BCUT2D eigenvalue weighted by molar-refractivity contribution is 8.15. The Morgan fingerprint density at radius 1 is 1.16 bits per heavy atom. The summed E-state index contributed by atoms with van der Waals surface area (Å²) in [7, 11) is -3.62. The Bertz CT molecular complexity index is 1260. The van der Waals surface area contributed by atoms with Crippen LogP contribution < -0.4 is 5.32 Å². The van der Waals surface area contributed by atoms with E-state index in [0.29, 0.717) is 43.7 Å². The highest BCUT2D eigenvalue weighted by atomic mass is 32.2. The normalized spacial score (nSPS) is 19.9. The molecular formula is C25H29FN4O5S2. The average Bonchev–Trinajstić information content (AvgIpc) is 3.18. The lowest BCUT2D eigenvalue weighted by atomic mass is 10.2. The van der Waals surface area contributed by atoms with Crippen molar-refractivity contribution in [2.45, 2.75) is 36.3 Å². The van der Waals surface area contributed by atoms with Gasteiger partial charge in [-0.05, 0) is 42.8 Å². The number of hydrogen-bond donors (Lipinski definition) is 1. The number of rotatable bonds is 9. The van der Waals surface area contributed by atoms with Gasteiger partial charge in [-0.3, -0.25) is 14.5 Å². The number of nitrogens with zero attached hydrogens (tertiary/aromatic N) is 3. The zero-order valence-corrected chi connectivity index (χ0v) is 22.1. The van der Waals surface area contributed by atoms with E-state index in [0.717, 1.165) is 12.8 Å². The van der Waals surface area contributed by atoms with Gasteiger partial charge in [0.15, 0.2) is 5.17 Å². The maximum atomic E-state index is 13.9. The van der Waals surface area contributed by atoms with Gasteiger partial charge in [-0.2, -0.15) is 4.31 Å². The van der Waals surface area contributed by atoms with E-state index in [9.17, 15) is 22.4 Å². The Morgan fingerprint density at radius 2 is 1.86 bits per heavy atom. The summed E-state index contributed by atoms with van der Waals surface area (Å²) in [6.07, 6.45) is 1.50. The number of carbonyl (C=O) groups excluding carboxylic acids is 2. The van der Waals surface area contributed by atoms with E-state index >= 15 is 0 Å². The summed E-state index contributed by atoms with van der Waals surface area (Å²) in [5.74, 6) is -1.25. The van der Waals surface area contributed by atoms with Gasteiger partial charge < -0.3 is 10.1 Å². The summed E-state index contributed by atoms with van der Waals surface area (Å²) < 4.78 is 46.3. The van der Waals surface area contributed by atoms with E-state index in [1.165, 1.54) is 46.4 Å². The fraction of sp³-hybridized carbons (Fsp3) is 0.400. The standard InChI is InChI=1S/C25H29FN4O5S2/c1-2-3-12-30-24(32)22(17-23(31)28-21-7-5-4-6-20(21)26)36-25(30)27-18-8-10-19(11-9-18)37(33,34)29-13-15-35-16-14-29/h4-11,22H,2-3,12-17H2,1H3,(H,28,31). The Labute approximate surface area is 220 Å². The van der Waals surface area contributed by atoms with Crippen LogP contribution in [0.2, 0.25) is 0 Å². The third-order valence-electron chi connectivity index (χ3n) is 5.94. The highest BCUT2D eigenvalue weighted by Gasteiger charge is 2.39. The summed E-state index contributed by atoms with van der Waals surface area (Å²) in [6.45, 7) is 3.81. The fourth-order valence-electron chi connectivity index (χ4n) is 3.92. The molecular weight excluding hydrogens is 519 g/mol. The van der Waals surface area contributed by atoms with Crippen LogP contribution in [0, 0.1) is 5.82 Å². The van der Waals surface area contributed by atoms with Crippen LogP contribution in [0.4, 0.5) is 15.8 Å². The number of morpholine rings is 1. The quantitative estimate of drug-likeness (QED) is 0.513. The van der Waals surface area contributed by atoms with Crippen LogP contribution in [0.3, 0.4) is 0 Å². The lowest BCUT2D eigenvalue weighted by Crippen LogP contribution is -2.40. The van der Waals surface area contributed by atoms with E-state index in [1.807, 2.05) is 6.92 Å². The van der Waals surface area contributed by atoms with Crippen molar-refractivity contribution in [1.29, 1.82) is 0 Å². The first-order chi connectivity index (χ1) is 17.8. The molecule has 2 aromatic rings. The number of nitrogens with one attached hydrogen (secondary N) is 1. The smallest absolute Gasteiger partial charge is 0.243 e. The van der Waals surface area contributed by atoms with Crippen LogP contribution in [0.1, 0.15) is 26.2 Å². The number of carbonyl (C=O) groups is 2. The minimum Gasteiger partial charge on any atom is -0.379 e. The van der Waals surface area contributed by atoms with Crippen molar-refractivity contribution in [3.8, 4) is 0 Å². The number of benzene rings is 2. The molecule has 2 aliphatic rings. The Kier molecular flexibility index (Phi) is 8.95. The molecule has 0 spiro atoms. The number of amides is 2. The summed E-state index contributed by atoms with van der Waals surface area (Å²) in [5.41, 5.74) is 0.556. The van der Waals surface area contributed by atoms with Crippen molar-refractivity contribution < 1.29 is 27.1 Å². The molecule has 1 N–H and O–H groups in total. The van der Waals surface area contributed by atoms with Gasteiger partial charge in [0.25, 0.3) is 0 Å². The molecule has 0 aromatic heterocycles. The number of anilines is 1. The molecule has 1 unspecified atom stereocenters. The van der Waals surface area contributed by atoms with Gasteiger partial charge in [-0.15, -0.1) is 0 Å². The molecule has 2 heterocycles. The molecule has 2 aliphatic heterocycles. The van der Waals surface area contributed by atoms with Gasteiger partial charge >= 0.3 is 0 Å². The van der Waals surface area contributed by atoms with Crippen molar-refractivity contribution in [2.75, 3.05) is 38.2 Å². The van der Waals surface area contributed by atoms with Crippen molar-refractivity contribution in [3.05, 3.63) is 54.3 Å². The molecule has 0 aliphatic carbocycles. The first-order valence-electron chi connectivity index (χ1n) is 12.1. The molecule has 0 radical (unpaired) electrons. The van der Waals surface area contributed by atoms with Crippen molar-refractivity contribution >= 4 is 50.1 Å². The number of hydrogen-bond acceptors (Lipinski definition) is 7. The Hall–Kier alpha value is -2.80. The SMILES string of the molecule is CCCCN1C(=O)C(CC(=O)Nc2ccccc2F)SC1=Nc1ccc(S(=O)(=O)N2CCOCC2)cc1. The topological polar surface area (TPSA) is 108 Å². The maximum absolute atomic E-state index is 13.9. The van der Waals surface area contributed by atoms with E-state index in [-0.39, 0.29) is 22.9 Å². The maximum Gasteiger partial charge on any atom is 0.243 e. The number of amidine groups is 1. The second kappa shape index (κ2) is 12.2. The number of sulfonamides is 1. The summed E-state index contributed by atoms with van der Waals surface area (Å²) in [4.78, 5) is 32.0. The molecule has 0 bridgehead atoms. The number of halogens is 1. The van der Waals surface area contributed by atoms with Crippen LogP contribution in [0.25, 0.3) is 0 Å². The third kappa shape index (κ3) is 6.56. The van der Waals surface area contributed by atoms with Gasteiger partial charge in [-0.1, -0.05) is 37.2 Å². The first kappa shape index (κ1) is 27.2.